The van der Waals surface area contributed by atoms with E-state index in [-0.39, 0.29) is 18.0 Å². The van der Waals surface area contributed by atoms with Crippen molar-refractivity contribution in [3.8, 4) is 0 Å². The third kappa shape index (κ3) is 5.87. The number of esters is 2. The van der Waals surface area contributed by atoms with Crippen LogP contribution in [0.2, 0.25) is 0 Å². The average molecular weight is 346 g/mol. The van der Waals surface area contributed by atoms with Crippen LogP contribution in [0.3, 0.4) is 0 Å². The summed E-state index contributed by atoms with van der Waals surface area (Å²) in [5.74, 6) is -0.169. The standard InChI is InChI=1S/C21H30O4/c1-3-5-8-15-24-20(22)17-11-13-18(14-12-17)21(23)25-19-10-7-6-9-16(19)4-2/h11-14,16,19H,3-10,15H2,1-2H3. The van der Waals surface area contributed by atoms with Crippen molar-refractivity contribution in [2.24, 2.45) is 5.92 Å². The normalized spacial score (nSPS) is 20.1. The van der Waals surface area contributed by atoms with Gasteiger partial charge in [0.25, 0.3) is 0 Å². The molecule has 138 valence electrons. The number of hydrogen-bond acceptors (Lipinski definition) is 4. The third-order valence-corrected chi connectivity index (χ3v) is 4.96. The van der Waals surface area contributed by atoms with Gasteiger partial charge in [0, 0.05) is 0 Å². The molecule has 0 amide bonds. The monoisotopic (exact) mass is 346 g/mol. The molecule has 0 spiro atoms. The lowest BCUT2D eigenvalue weighted by atomic mass is 9.85. The van der Waals surface area contributed by atoms with E-state index < -0.39 is 0 Å². The van der Waals surface area contributed by atoms with Crippen LogP contribution in [-0.4, -0.2) is 24.6 Å². The Kier molecular flexibility index (Phi) is 7.96. The van der Waals surface area contributed by atoms with E-state index in [1.165, 1.54) is 6.42 Å². The Bertz CT molecular complexity index is 550. The van der Waals surface area contributed by atoms with E-state index in [2.05, 4.69) is 13.8 Å². The maximum Gasteiger partial charge on any atom is 0.338 e. The lowest BCUT2D eigenvalue weighted by Crippen LogP contribution is -2.29. The third-order valence-electron chi connectivity index (χ3n) is 4.96. The predicted octanol–water partition coefficient (Wildman–Crippen LogP) is 5.16. The highest BCUT2D eigenvalue weighted by Gasteiger charge is 2.27. The van der Waals surface area contributed by atoms with Gasteiger partial charge < -0.3 is 9.47 Å². The zero-order valence-corrected chi connectivity index (χ0v) is 15.5. The smallest absolute Gasteiger partial charge is 0.338 e. The fourth-order valence-electron chi connectivity index (χ4n) is 3.34. The molecule has 1 fully saturated rings. The second-order valence-corrected chi connectivity index (χ2v) is 6.82. The first-order valence-electron chi connectivity index (χ1n) is 9.63. The largest absolute Gasteiger partial charge is 0.462 e. The van der Waals surface area contributed by atoms with Crippen LogP contribution in [-0.2, 0) is 9.47 Å². The highest BCUT2D eigenvalue weighted by Crippen LogP contribution is 2.29. The summed E-state index contributed by atoms with van der Waals surface area (Å²) in [5, 5.41) is 0. The fraction of sp³-hybridized carbons (Fsp3) is 0.619. The van der Waals surface area contributed by atoms with Gasteiger partial charge in [-0.2, -0.15) is 0 Å². The van der Waals surface area contributed by atoms with E-state index >= 15 is 0 Å². The molecule has 25 heavy (non-hydrogen) atoms. The van der Waals surface area contributed by atoms with Crippen LogP contribution in [0.4, 0.5) is 0 Å². The summed E-state index contributed by atoms with van der Waals surface area (Å²) in [7, 11) is 0. The van der Waals surface area contributed by atoms with E-state index in [1.54, 1.807) is 24.3 Å². The number of unbranched alkanes of at least 4 members (excludes halogenated alkanes) is 2. The molecule has 1 aromatic carbocycles. The van der Waals surface area contributed by atoms with E-state index in [0.29, 0.717) is 23.7 Å². The number of carbonyl (C=O) groups excluding carboxylic acids is 2. The molecule has 2 rings (SSSR count). The van der Waals surface area contributed by atoms with Crippen LogP contribution in [0.15, 0.2) is 24.3 Å². The van der Waals surface area contributed by atoms with Gasteiger partial charge in [-0.25, -0.2) is 9.59 Å². The number of carbonyl (C=O) groups is 2. The number of benzene rings is 1. The van der Waals surface area contributed by atoms with Crippen LogP contribution < -0.4 is 0 Å². The van der Waals surface area contributed by atoms with Crippen LogP contribution >= 0.6 is 0 Å². The van der Waals surface area contributed by atoms with E-state index in [0.717, 1.165) is 44.9 Å². The fourth-order valence-corrected chi connectivity index (χ4v) is 3.34. The van der Waals surface area contributed by atoms with Gasteiger partial charge in [0.05, 0.1) is 17.7 Å². The van der Waals surface area contributed by atoms with Crippen molar-refractivity contribution in [1.29, 1.82) is 0 Å². The summed E-state index contributed by atoms with van der Waals surface area (Å²) in [6.07, 6.45) is 8.52. The molecule has 2 atom stereocenters. The Hall–Kier alpha value is -1.84. The molecule has 0 N–H and O–H groups in total. The summed E-state index contributed by atoms with van der Waals surface area (Å²) in [5.41, 5.74) is 0.958. The maximum atomic E-state index is 12.4. The molecular weight excluding hydrogens is 316 g/mol. The molecule has 4 nitrogen and oxygen atoms in total. The minimum Gasteiger partial charge on any atom is -0.462 e. The average Bonchev–Trinajstić information content (AvgIpc) is 2.65. The molecule has 0 aliphatic heterocycles. The van der Waals surface area contributed by atoms with E-state index in [4.69, 9.17) is 9.47 Å². The van der Waals surface area contributed by atoms with Gasteiger partial charge in [0.15, 0.2) is 0 Å². The van der Waals surface area contributed by atoms with Crippen molar-refractivity contribution in [3.63, 3.8) is 0 Å². The topological polar surface area (TPSA) is 52.6 Å². The molecule has 4 heteroatoms. The number of rotatable bonds is 8. The van der Waals surface area contributed by atoms with Gasteiger partial charge in [-0.15, -0.1) is 0 Å². The first kappa shape index (κ1) is 19.5. The zero-order chi connectivity index (χ0) is 18.1. The first-order chi connectivity index (χ1) is 12.2. The highest BCUT2D eigenvalue weighted by atomic mass is 16.5. The van der Waals surface area contributed by atoms with Crippen LogP contribution in [0.5, 0.6) is 0 Å². The summed E-state index contributed by atoms with van der Waals surface area (Å²) in [6, 6.07) is 6.57. The van der Waals surface area contributed by atoms with E-state index in [1.807, 2.05) is 0 Å². The summed E-state index contributed by atoms with van der Waals surface area (Å²) in [6.45, 7) is 4.70. The minimum absolute atomic E-state index is 0.0226. The molecule has 0 radical (unpaired) electrons. The van der Waals surface area contributed by atoms with Crippen molar-refractivity contribution in [2.45, 2.75) is 71.3 Å². The molecule has 1 aliphatic rings. The zero-order valence-electron chi connectivity index (χ0n) is 15.5. The quantitative estimate of drug-likeness (QED) is 0.482. The van der Waals surface area contributed by atoms with Crippen LogP contribution in [0, 0.1) is 5.92 Å². The number of hydrogen-bond donors (Lipinski definition) is 0. The second-order valence-electron chi connectivity index (χ2n) is 6.82. The Morgan fingerprint density at radius 3 is 2.24 bits per heavy atom. The molecule has 0 aromatic heterocycles. The van der Waals surface area contributed by atoms with E-state index in [9.17, 15) is 9.59 Å². The second kappa shape index (κ2) is 10.2. The Labute approximate surface area is 150 Å². The lowest BCUT2D eigenvalue weighted by Gasteiger charge is -2.30. The van der Waals surface area contributed by atoms with Crippen molar-refractivity contribution in [3.05, 3.63) is 35.4 Å². The van der Waals surface area contributed by atoms with Gasteiger partial charge >= 0.3 is 11.9 Å². The summed E-state index contributed by atoms with van der Waals surface area (Å²) < 4.78 is 10.9. The Balaban J connectivity index is 1.88. The molecular formula is C21H30O4. The van der Waals surface area contributed by atoms with Gasteiger partial charge in [0.2, 0.25) is 0 Å². The highest BCUT2D eigenvalue weighted by molar-refractivity contribution is 5.93. The molecule has 0 saturated heterocycles. The Morgan fingerprint density at radius 1 is 0.960 bits per heavy atom. The molecule has 0 heterocycles. The van der Waals surface area contributed by atoms with Crippen molar-refractivity contribution >= 4 is 11.9 Å². The van der Waals surface area contributed by atoms with Crippen molar-refractivity contribution in [2.75, 3.05) is 6.61 Å². The van der Waals surface area contributed by atoms with Gasteiger partial charge in [-0.1, -0.05) is 33.1 Å². The molecule has 0 bridgehead atoms. The Morgan fingerprint density at radius 2 is 1.60 bits per heavy atom. The molecule has 1 saturated carbocycles. The first-order valence-corrected chi connectivity index (χ1v) is 9.63. The SMILES string of the molecule is CCCCCOC(=O)c1ccc(C(=O)OC2CCCCC2CC)cc1. The number of ether oxygens (including phenoxy) is 2. The molecule has 1 aromatic rings. The summed E-state index contributed by atoms with van der Waals surface area (Å²) >= 11 is 0. The van der Waals surface area contributed by atoms with Crippen LogP contribution in [0.1, 0.15) is 85.9 Å². The lowest BCUT2D eigenvalue weighted by molar-refractivity contribution is 0.000676. The van der Waals surface area contributed by atoms with Gasteiger partial charge in [-0.3, -0.25) is 0 Å². The molecule has 2 unspecified atom stereocenters. The predicted molar refractivity (Wildman–Crippen MR) is 97.7 cm³/mol. The maximum absolute atomic E-state index is 12.4. The minimum atomic E-state index is -0.339. The summed E-state index contributed by atoms with van der Waals surface area (Å²) in [4.78, 5) is 24.3. The van der Waals surface area contributed by atoms with Crippen molar-refractivity contribution < 1.29 is 19.1 Å². The van der Waals surface area contributed by atoms with Crippen molar-refractivity contribution in [1.82, 2.24) is 0 Å². The molecule has 1 aliphatic carbocycles. The van der Waals surface area contributed by atoms with Gasteiger partial charge in [0.1, 0.15) is 6.10 Å². The van der Waals surface area contributed by atoms with Gasteiger partial charge in [-0.05, 0) is 62.3 Å². The van der Waals surface area contributed by atoms with Crippen LogP contribution in [0.25, 0.3) is 0 Å².